The van der Waals surface area contributed by atoms with Gasteiger partial charge in [-0.3, -0.25) is 4.79 Å². The minimum atomic E-state index is -0.446. The second-order valence-electron chi connectivity index (χ2n) is 5.38. The van der Waals surface area contributed by atoms with Crippen LogP contribution in [0.25, 0.3) is 0 Å². The van der Waals surface area contributed by atoms with Crippen molar-refractivity contribution >= 4 is 23.2 Å². The summed E-state index contributed by atoms with van der Waals surface area (Å²) in [5.74, 6) is -0.526. The number of hydrogen-bond acceptors (Lipinski definition) is 6. The standard InChI is InChI=1S/C18H22N2O4S/c1-4-24-18(22)15-12-25-16(19-15)11-20(9-10-23-3)17(21)14-8-6-5-7-13(14)2/h5-8,12H,4,9-11H2,1-3H3. The van der Waals surface area contributed by atoms with Gasteiger partial charge >= 0.3 is 5.97 Å². The minimum absolute atomic E-state index is 0.0805. The number of thiazole rings is 1. The number of nitrogens with zero attached hydrogens (tertiary/aromatic N) is 2. The Bertz CT molecular complexity index is 729. The number of carbonyl (C=O) groups excluding carboxylic acids is 2. The van der Waals surface area contributed by atoms with Crippen molar-refractivity contribution in [2.24, 2.45) is 0 Å². The Labute approximate surface area is 151 Å². The van der Waals surface area contributed by atoms with E-state index in [4.69, 9.17) is 9.47 Å². The molecule has 2 rings (SSSR count). The monoisotopic (exact) mass is 362 g/mol. The van der Waals surface area contributed by atoms with Crippen LogP contribution in [0.4, 0.5) is 0 Å². The molecule has 6 nitrogen and oxygen atoms in total. The highest BCUT2D eigenvalue weighted by Gasteiger charge is 2.20. The molecule has 0 unspecified atom stereocenters. The summed E-state index contributed by atoms with van der Waals surface area (Å²) in [4.78, 5) is 30.6. The van der Waals surface area contributed by atoms with Crippen molar-refractivity contribution in [3.63, 3.8) is 0 Å². The third-order valence-corrected chi connectivity index (χ3v) is 4.42. The van der Waals surface area contributed by atoms with E-state index in [-0.39, 0.29) is 11.6 Å². The Morgan fingerprint density at radius 3 is 2.72 bits per heavy atom. The summed E-state index contributed by atoms with van der Waals surface area (Å²) in [5, 5.41) is 2.33. The summed E-state index contributed by atoms with van der Waals surface area (Å²) in [6.07, 6.45) is 0. The molecule has 134 valence electrons. The largest absolute Gasteiger partial charge is 0.461 e. The molecule has 0 aliphatic carbocycles. The highest BCUT2D eigenvalue weighted by atomic mass is 32.1. The normalized spacial score (nSPS) is 10.5. The Morgan fingerprint density at radius 2 is 2.04 bits per heavy atom. The molecule has 1 aromatic heterocycles. The molecule has 0 spiro atoms. The summed E-state index contributed by atoms with van der Waals surface area (Å²) in [5.41, 5.74) is 1.85. The molecule has 0 saturated heterocycles. The molecule has 0 N–H and O–H groups in total. The first-order chi connectivity index (χ1) is 12.1. The van der Waals surface area contributed by atoms with Crippen LogP contribution in [0.3, 0.4) is 0 Å². The van der Waals surface area contributed by atoms with Gasteiger partial charge in [-0.1, -0.05) is 18.2 Å². The van der Waals surface area contributed by atoms with Crippen LogP contribution in [-0.2, 0) is 16.0 Å². The first kappa shape index (κ1) is 19.1. The summed E-state index contributed by atoms with van der Waals surface area (Å²) < 4.78 is 10.1. The quantitative estimate of drug-likeness (QED) is 0.676. The van der Waals surface area contributed by atoms with Gasteiger partial charge in [-0.2, -0.15) is 0 Å². The number of hydrogen-bond donors (Lipinski definition) is 0. The SMILES string of the molecule is CCOC(=O)c1csc(CN(CCOC)C(=O)c2ccccc2C)n1. The van der Waals surface area contributed by atoms with Gasteiger partial charge in [0.25, 0.3) is 5.91 Å². The van der Waals surface area contributed by atoms with Gasteiger partial charge < -0.3 is 14.4 Å². The fourth-order valence-corrected chi connectivity index (χ4v) is 3.06. The summed E-state index contributed by atoms with van der Waals surface area (Å²) in [6.45, 7) is 5.15. The van der Waals surface area contributed by atoms with Crippen LogP contribution in [0.2, 0.25) is 0 Å². The smallest absolute Gasteiger partial charge is 0.357 e. The maximum atomic E-state index is 12.9. The molecule has 1 aromatic carbocycles. The van der Waals surface area contributed by atoms with Crippen LogP contribution in [0, 0.1) is 6.92 Å². The molecule has 0 saturated carbocycles. The van der Waals surface area contributed by atoms with Crippen molar-refractivity contribution in [3.05, 3.63) is 51.5 Å². The Balaban J connectivity index is 2.16. The molecular formula is C18H22N2O4S. The molecule has 1 heterocycles. The van der Waals surface area contributed by atoms with E-state index in [2.05, 4.69) is 4.98 Å². The van der Waals surface area contributed by atoms with Gasteiger partial charge in [-0.05, 0) is 25.5 Å². The van der Waals surface area contributed by atoms with Crippen LogP contribution in [0.5, 0.6) is 0 Å². The molecule has 0 radical (unpaired) electrons. The average Bonchev–Trinajstić information content (AvgIpc) is 3.07. The van der Waals surface area contributed by atoms with Crippen molar-refractivity contribution < 1.29 is 19.1 Å². The van der Waals surface area contributed by atoms with Crippen molar-refractivity contribution in [1.82, 2.24) is 9.88 Å². The molecular weight excluding hydrogens is 340 g/mol. The molecule has 0 fully saturated rings. The predicted octanol–water partition coefficient (Wildman–Crippen LogP) is 2.92. The molecule has 0 aliphatic rings. The third kappa shape index (κ3) is 5.11. The van der Waals surface area contributed by atoms with Gasteiger partial charge in [0.15, 0.2) is 5.69 Å². The van der Waals surface area contributed by atoms with Crippen molar-refractivity contribution in [2.75, 3.05) is 26.9 Å². The van der Waals surface area contributed by atoms with Gasteiger partial charge in [-0.15, -0.1) is 11.3 Å². The van der Waals surface area contributed by atoms with Crippen LogP contribution in [0.1, 0.15) is 38.3 Å². The van der Waals surface area contributed by atoms with E-state index in [0.29, 0.717) is 36.9 Å². The number of amides is 1. The van der Waals surface area contributed by atoms with E-state index in [1.807, 2.05) is 31.2 Å². The lowest BCUT2D eigenvalue weighted by Gasteiger charge is -2.22. The fraction of sp³-hybridized carbons (Fsp3) is 0.389. The van der Waals surface area contributed by atoms with Crippen LogP contribution >= 0.6 is 11.3 Å². The third-order valence-electron chi connectivity index (χ3n) is 3.59. The van der Waals surface area contributed by atoms with E-state index in [1.54, 1.807) is 24.3 Å². The lowest BCUT2D eigenvalue weighted by Crippen LogP contribution is -2.33. The number of carbonyl (C=O) groups is 2. The van der Waals surface area contributed by atoms with E-state index in [1.165, 1.54) is 11.3 Å². The average molecular weight is 362 g/mol. The number of aromatic nitrogens is 1. The van der Waals surface area contributed by atoms with Crippen LogP contribution in [0.15, 0.2) is 29.6 Å². The first-order valence-corrected chi connectivity index (χ1v) is 8.90. The lowest BCUT2D eigenvalue weighted by atomic mass is 10.1. The molecule has 0 aliphatic heterocycles. The minimum Gasteiger partial charge on any atom is -0.461 e. The second-order valence-corrected chi connectivity index (χ2v) is 6.32. The highest BCUT2D eigenvalue weighted by molar-refractivity contribution is 7.09. The van der Waals surface area contributed by atoms with E-state index < -0.39 is 5.97 Å². The number of rotatable bonds is 8. The lowest BCUT2D eigenvalue weighted by molar-refractivity contribution is 0.0520. The fourth-order valence-electron chi connectivity index (χ4n) is 2.28. The Morgan fingerprint density at radius 1 is 1.28 bits per heavy atom. The topological polar surface area (TPSA) is 68.7 Å². The summed E-state index contributed by atoms with van der Waals surface area (Å²) in [7, 11) is 1.60. The zero-order valence-corrected chi connectivity index (χ0v) is 15.5. The van der Waals surface area contributed by atoms with Gasteiger partial charge in [0, 0.05) is 24.6 Å². The number of aryl methyl sites for hydroxylation is 1. The van der Waals surface area contributed by atoms with E-state index in [9.17, 15) is 9.59 Å². The number of benzene rings is 1. The maximum Gasteiger partial charge on any atom is 0.357 e. The zero-order valence-electron chi connectivity index (χ0n) is 14.7. The van der Waals surface area contributed by atoms with Gasteiger partial charge in [0.2, 0.25) is 0 Å². The van der Waals surface area contributed by atoms with Crippen molar-refractivity contribution in [3.8, 4) is 0 Å². The molecule has 2 aromatic rings. The number of esters is 1. The van der Waals surface area contributed by atoms with Crippen LogP contribution in [-0.4, -0.2) is 48.6 Å². The molecule has 1 amide bonds. The summed E-state index contributed by atoms with van der Waals surface area (Å²) >= 11 is 1.34. The second kappa shape index (κ2) is 9.29. The van der Waals surface area contributed by atoms with Gasteiger partial charge in [-0.25, -0.2) is 9.78 Å². The van der Waals surface area contributed by atoms with Crippen molar-refractivity contribution in [1.29, 1.82) is 0 Å². The van der Waals surface area contributed by atoms with E-state index >= 15 is 0 Å². The number of ether oxygens (including phenoxy) is 2. The molecule has 0 atom stereocenters. The van der Waals surface area contributed by atoms with Gasteiger partial charge in [0.05, 0.1) is 19.8 Å². The van der Waals surface area contributed by atoms with Gasteiger partial charge in [0.1, 0.15) is 5.01 Å². The number of methoxy groups -OCH3 is 1. The van der Waals surface area contributed by atoms with Crippen LogP contribution < -0.4 is 0 Å². The molecule has 25 heavy (non-hydrogen) atoms. The summed E-state index contributed by atoms with van der Waals surface area (Å²) in [6, 6.07) is 7.46. The predicted molar refractivity (Wildman–Crippen MR) is 95.9 cm³/mol. The highest BCUT2D eigenvalue weighted by Crippen LogP contribution is 2.17. The van der Waals surface area contributed by atoms with E-state index in [0.717, 1.165) is 5.56 Å². The Kier molecular flexibility index (Phi) is 7.09. The molecule has 7 heteroatoms. The van der Waals surface area contributed by atoms with Crippen molar-refractivity contribution in [2.45, 2.75) is 20.4 Å². The Hall–Kier alpha value is -2.25. The zero-order chi connectivity index (χ0) is 18.2. The molecule has 0 bridgehead atoms. The maximum absolute atomic E-state index is 12.9. The first-order valence-electron chi connectivity index (χ1n) is 8.02.